The lowest BCUT2D eigenvalue weighted by Crippen LogP contribution is -2.53. The van der Waals surface area contributed by atoms with Gasteiger partial charge in [-0.25, -0.2) is 0 Å². The van der Waals surface area contributed by atoms with Crippen LogP contribution in [0.5, 0.6) is 0 Å². The fraction of sp³-hybridized carbons (Fsp3) is 0.957. The number of carbonyl (C=O) groups excluding carboxylic acids is 1. The van der Waals surface area contributed by atoms with Crippen molar-refractivity contribution in [3.8, 4) is 0 Å². The predicted molar refractivity (Wildman–Crippen MR) is 118 cm³/mol. The maximum Gasteiger partial charge on any atom is 0.222 e. The van der Waals surface area contributed by atoms with E-state index < -0.39 is 0 Å². The fourth-order valence-corrected chi connectivity index (χ4v) is 5.54. The monoisotopic (exact) mass is 414 g/mol. The zero-order valence-corrected chi connectivity index (χ0v) is 19.6. The smallest absolute Gasteiger partial charge is 0.222 e. The fourth-order valence-electron chi connectivity index (χ4n) is 5.28. The van der Waals surface area contributed by atoms with Gasteiger partial charge in [-0.3, -0.25) is 4.79 Å². The topological polar surface area (TPSA) is 41.6 Å². The van der Waals surface area contributed by atoms with Gasteiger partial charge < -0.3 is 15.0 Å². The molecule has 164 valence electrons. The molecule has 2 aliphatic rings. The van der Waals surface area contributed by atoms with Crippen molar-refractivity contribution in [1.29, 1.82) is 0 Å². The highest BCUT2D eigenvalue weighted by Crippen LogP contribution is 2.45. The van der Waals surface area contributed by atoms with Gasteiger partial charge in [-0.2, -0.15) is 0 Å². The number of carbonyl (C=O) groups is 1. The van der Waals surface area contributed by atoms with Crippen LogP contribution in [0.4, 0.5) is 0 Å². The maximum atomic E-state index is 12.3. The molecule has 0 aromatic rings. The normalized spacial score (nSPS) is 29.6. The first kappa shape index (κ1) is 24.0. The van der Waals surface area contributed by atoms with E-state index in [1.807, 2.05) is 6.92 Å². The van der Waals surface area contributed by atoms with Crippen LogP contribution >= 0.6 is 11.6 Å². The molecule has 1 saturated carbocycles. The number of nitrogens with one attached hydrogen (secondary N) is 1. The van der Waals surface area contributed by atoms with Crippen LogP contribution < -0.4 is 5.32 Å². The SMILES string of the molecule is CCOCCC(=O)N[C@@H](CN1CCC(C2CCC(Cl)CC2)C(C)(C)C1)C(C)C. The minimum Gasteiger partial charge on any atom is -0.381 e. The average Bonchev–Trinajstić information content (AvgIpc) is 2.62. The number of rotatable bonds is 9. The minimum atomic E-state index is 0.110. The van der Waals surface area contributed by atoms with E-state index in [4.69, 9.17) is 16.3 Å². The number of amides is 1. The summed E-state index contributed by atoms with van der Waals surface area (Å²) in [6.07, 6.45) is 6.69. The minimum absolute atomic E-state index is 0.110. The molecule has 0 aromatic heterocycles. The molecule has 1 N–H and O–H groups in total. The van der Waals surface area contributed by atoms with Crippen LogP contribution in [0.1, 0.15) is 73.1 Å². The molecule has 5 heteroatoms. The Kier molecular flexibility index (Phi) is 9.56. The largest absolute Gasteiger partial charge is 0.381 e. The molecule has 1 saturated heterocycles. The molecular formula is C23H43ClN2O2. The number of hydrogen-bond donors (Lipinski definition) is 1. The van der Waals surface area contributed by atoms with Gasteiger partial charge in [-0.1, -0.05) is 27.7 Å². The molecule has 1 aliphatic carbocycles. The first-order chi connectivity index (χ1) is 13.2. The Hall–Kier alpha value is -0.320. The number of halogens is 1. The summed E-state index contributed by atoms with van der Waals surface area (Å²) in [5.41, 5.74) is 0.322. The molecule has 4 nitrogen and oxygen atoms in total. The number of alkyl halides is 1. The third-order valence-corrected chi connectivity index (χ3v) is 7.38. The highest BCUT2D eigenvalue weighted by atomic mass is 35.5. The van der Waals surface area contributed by atoms with Gasteiger partial charge >= 0.3 is 0 Å². The van der Waals surface area contributed by atoms with Gasteiger partial charge in [0.05, 0.1) is 6.61 Å². The zero-order valence-electron chi connectivity index (χ0n) is 18.8. The van der Waals surface area contributed by atoms with Crippen molar-refractivity contribution in [1.82, 2.24) is 10.2 Å². The summed E-state index contributed by atoms with van der Waals surface area (Å²) in [5, 5.41) is 3.65. The maximum absolute atomic E-state index is 12.3. The van der Waals surface area contributed by atoms with Crippen LogP contribution in [0.15, 0.2) is 0 Å². The van der Waals surface area contributed by atoms with Gasteiger partial charge in [-0.05, 0) is 68.7 Å². The Morgan fingerprint density at radius 3 is 2.46 bits per heavy atom. The summed E-state index contributed by atoms with van der Waals surface area (Å²) in [7, 11) is 0. The number of hydrogen-bond acceptors (Lipinski definition) is 3. The van der Waals surface area contributed by atoms with Crippen LogP contribution in [0.3, 0.4) is 0 Å². The lowest BCUT2D eigenvalue weighted by atomic mass is 9.64. The molecule has 28 heavy (non-hydrogen) atoms. The van der Waals surface area contributed by atoms with E-state index in [9.17, 15) is 4.79 Å². The van der Waals surface area contributed by atoms with Gasteiger partial charge in [0, 0.05) is 37.5 Å². The molecule has 2 fully saturated rings. The van der Waals surface area contributed by atoms with Crippen molar-refractivity contribution in [2.24, 2.45) is 23.2 Å². The Labute approximate surface area is 178 Å². The Morgan fingerprint density at radius 2 is 1.89 bits per heavy atom. The van der Waals surface area contributed by atoms with E-state index in [2.05, 4.69) is 37.9 Å². The van der Waals surface area contributed by atoms with E-state index >= 15 is 0 Å². The molecule has 0 bridgehead atoms. The Balaban J connectivity index is 1.87. The van der Waals surface area contributed by atoms with Gasteiger partial charge in [0.2, 0.25) is 5.91 Å². The summed E-state index contributed by atoms with van der Waals surface area (Å²) in [4.78, 5) is 14.8. The molecule has 0 radical (unpaired) electrons. The lowest BCUT2D eigenvalue weighted by molar-refractivity contribution is -0.123. The number of piperidine rings is 1. The van der Waals surface area contributed by atoms with Crippen LogP contribution in [0.25, 0.3) is 0 Å². The second-order valence-corrected chi connectivity index (χ2v) is 10.6. The quantitative estimate of drug-likeness (QED) is 0.439. The molecular weight excluding hydrogens is 372 g/mol. The summed E-state index contributed by atoms with van der Waals surface area (Å²) < 4.78 is 5.32. The standard InChI is InChI=1S/C23H43ClN2O2/c1-6-28-14-12-22(27)25-21(17(2)3)15-26-13-11-20(23(4,5)16-26)18-7-9-19(24)10-8-18/h17-21H,6-16H2,1-5H3,(H,25,27)/t18?,19?,20?,21-/m0/s1. The molecule has 2 atom stereocenters. The van der Waals surface area contributed by atoms with E-state index in [1.54, 1.807) is 0 Å². The zero-order chi connectivity index (χ0) is 20.7. The van der Waals surface area contributed by atoms with Crippen LogP contribution in [-0.2, 0) is 9.53 Å². The molecule has 1 amide bonds. The van der Waals surface area contributed by atoms with Crippen molar-refractivity contribution in [2.45, 2.75) is 84.6 Å². The van der Waals surface area contributed by atoms with Crippen molar-refractivity contribution >= 4 is 17.5 Å². The molecule has 0 aromatic carbocycles. The average molecular weight is 415 g/mol. The van der Waals surface area contributed by atoms with Crippen molar-refractivity contribution in [3.05, 3.63) is 0 Å². The van der Waals surface area contributed by atoms with Crippen molar-refractivity contribution < 1.29 is 9.53 Å². The Bertz CT molecular complexity index is 475. The van der Waals surface area contributed by atoms with Crippen LogP contribution in [0.2, 0.25) is 0 Å². The van der Waals surface area contributed by atoms with Gasteiger partial charge in [-0.15, -0.1) is 11.6 Å². The molecule has 1 aliphatic heterocycles. The second kappa shape index (κ2) is 11.2. The van der Waals surface area contributed by atoms with Gasteiger partial charge in [0.1, 0.15) is 0 Å². The molecule has 0 spiro atoms. The summed E-state index contributed by atoms with van der Waals surface area (Å²) in [6, 6.07) is 0.202. The van der Waals surface area contributed by atoms with E-state index in [-0.39, 0.29) is 11.9 Å². The molecule has 1 unspecified atom stereocenters. The summed E-state index contributed by atoms with van der Waals surface area (Å²) >= 11 is 6.33. The summed E-state index contributed by atoms with van der Waals surface area (Å²) in [6.45, 7) is 15.6. The van der Waals surface area contributed by atoms with E-state index in [1.165, 1.54) is 32.1 Å². The van der Waals surface area contributed by atoms with E-state index in [0.717, 1.165) is 31.5 Å². The number of ether oxygens (including phenoxy) is 1. The molecule has 2 rings (SSSR count). The predicted octanol–water partition coefficient (Wildman–Crippen LogP) is 4.70. The summed E-state index contributed by atoms with van der Waals surface area (Å²) in [5.74, 6) is 2.17. The van der Waals surface area contributed by atoms with E-state index in [0.29, 0.717) is 36.3 Å². The third kappa shape index (κ3) is 7.18. The highest BCUT2D eigenvalue weighted by molar-refractivity contribution is 6.20. The first-order valence-corrected chi connectivity index (χ1v) is 11.9. The number of nitrogens with zero attached hydrogens (tertiary/aromatic N) is 1. The second-order valence-electron chi connectivity index (χ2n) is 10.00. The molecule has 1 heterocycles. The Morgan fingerprint density at radius 1 is 1.21 bits per heavy atom. The lowest BCUT2D eigenvalue weighted by Gasteiger charge is -2.49. The van der Waals surface area contributed by atoms with Crippen LogP contribution in [-0.4, -0.2) is 55.1 Å². The van der Waals surface area contributed by atoms with Gasteiger partial charge in [0.25, 0.3) is 0 Å². The number of likely N-dealkylation sites (tertiary alicyclic amines) is 1. The van der Waals surface area contributed by atoms with Gasteiger partial charge in [0.15, 0.2) is 0 Å². The third-order valence-electron chi connectivity index (χ3n) is 6.95. The van der Waals surface area contributed by atoms with Crippen LogP contribution in [0, 0.1) is 23.2 Å². The van der Waals surface area contributed by atoms with Crippen molar-refractivity contribution in [2.75, 3.05) is 32.8 Å². The first-order valence-electron chi connectivity index (χ1n) is 11.5. The van der Waals surface area contributed by atoms with Crippen molar-refractivity contribution in [3.63, 3.8) is 0 Å². The highest BCUT2D eigenvalue weighted by Gasteiger charge is 2.41.